The Hall–Kier alpha value is -4.72. The van der Waals surface area contributed by atoms with E-state index in [1.807, 2.05) is 31.2 Å². The molecule has 1 N–H and O–H groups in total. The van der Waals surface area contributed by atoms with Gasteiger partial charge in [-0.25, -0.2) is 9.97 Å². The van der Waals surface area contributed by atoms with Crippen molar-refractivity contribution in [3.8, 4) is 11.5 Å². The predicted octanol–water partition coefficient (Wildman–Crippen LogP) is 11.2. The van der Waals surface area contributed by atoms with Gasteiger partial charge in [0.15, 0.2) is 11.5 Å². The predicted molar refractivity (Wildman–Crippen MR) is 211 cm³/mol. The van der Waals surface area contributed by atoms with E-state index in [-0.39, 0.29) is 6.04 Å². The third kappa shape index (κ3) is 8.78. The first-order valence-electron chi connectivity index (χ1n) is 17.8. The number of halogens is 1. The van der Waals surface area contributed by atoms with Crippen LogP contribution in [0.2, 0.25) is 0 Å². The van der Waals surface area contributed by atoms with Gasteiger partial charge in [0.25, 0.3) is 0 Å². The van der Waals surface area contributed by atoms with Crippen molar-refractivity contribution in [1.82, 2.24) is 9.97 Å². The van der Waals surface area contributed by atoms with E-state index in [2.05, 4.69) is 131 Å². The van der Waals surface area contributed by atoms with Gasteiger partial charge in [-0.1, -0.05) is 138 Å². The third-order valence-electron chi connectivity index (χ3n) is 9.20. The standard InChI is InChI=1S/C44H46BrN3O3/c1-32(34-19-18-26-38(45)29-34)46-43-39-30-41(49-3)42(31-40(39)47-33(2)48-43)50-27-16-5-4-6-17-28-51-44(35-20-10-7-11-21-35,36-22-12-8-13-23-36)37-24-14-9-15-25-37/h7-15,18-26,29-32H,4-6,16-17,27-28H2,1-3H3,(H,46,47,48). The largest absolute Gasteiger partial charge is 0.493 e. The molecule has 1 unspecified atom stereocenters. The van der Waals surface area contributed by atoms with E-state index in [1.54, 1.807) is 7.11 Å². The van der Waals surface area contributed by atoms with E-state index >= 15 is 0 Å². The Kier molecular flexibility index (Phi) is 12.4. The molecule has 0 fully saturated rings. The summed E-state index contributed by atoms with van der Waals surface area (Å²) in [5, 5.41) is 4.47. The average molecular weight is 745 g/mol. The Morgan fingerprint density at radius 3 is 1.84 bits per heavy atom. The average Bonchev–Trinajstić information content (AvgIpc) is 3.16. The molecule has 7 heteroatoms. The number of aromatic nitrogens is 2. The van der Waals surface area contributed by atoms with Crippen LogP contribution in [-0.2, 0) is 10.3 Å². The molecule has 0 radical (unpaired) electrons. The van der Waals surface area contributed by atoms with Crippen molar-refractivity contribution in [3.63, 3.8) is 0 Å². The Bertz CT molecular complexity index is 1890. The fourth-order valence-electron chi connectivity index (χ4n) is 6.61. The van der Waals surface area contributed by atoms with E-state index in [0.717, 1.165) is 75.6 Å². The zero-order chi connectivity index (χ0) is 35.5. The van der Waals surface area contributed by atoms with Gasteiger partial charge in [0.05, 0.1) is 25.3 Å². The van der Waals surface area contributed by atoms with E-state index in [9.17, 15) is 0 Å². The van der Waals surface area contributed by atoms with Crippen molar-refractivity contribution >= 4 is 32.7 Å². The highest BCUT2D eigenvalue weighted by molar-refractivity contribution is 9.10. The number of hydrogen-bond donors (Lipinski definition) is 1. The molecule has 0 spiro atoms. The second-order valence-electron chi connectivity index (χ2n) is 12.8. The van der Waals surface area contributed by atoms with Crippen molar-refractivity contribution in [2.75, 3.05) is 25.6 Å². The summed E-state index contributed by atoms with van der Waals surface area (Å²) < 4.78 is 20.0. The van der Waals surface area contributed by atoms with Crippen LogP contribution in [0.3, 0.4) is 0 Å². The molecule has 262 valence electrons. The summed E-state index contributed by atoms with van der Waals surface area (Å²) in [6, 6.07) is 44.0. The van der Waals surface area contributed by atoms with Crippen molar-refractivity contribution in [2.24, 2.45) is 0 Å². The maximum absolute atomic E-state index is 6.94. The minimum Gasteiger partial charge on any atom is -0.493 e. The number of aryl methyl sites for hydroxylation is 1. The van der Waals surface area contributed by atoms with Crippen LogP contribution in [0.4, 0.5) is 5.82 Å². The zero-order valence-electron chi connectivity index (χ0n) is 29.6. The van der Waals surface area contributed by atoms with Gasteiger partial charge in [-0.05, 0) is 67.1 Å². The van der Waals surface area contributed by atoms with Crippen molar-refractivity contribution in [3.05, 3.63) is 160 Å². The van der Waals surface area contributed by atoms with Gasteiger partial charge in [0.1, 0.15) is 17.2 Å². The van der Waals surface area contributed by atoms with Gasteiger partial charge in [0, 0.05) is 22.5 Å². The molecule has 0 aliphatic rings. The van der Waals surface area contributed by atoms with Crippen LogP contribution in [-0.4, -0.2) is 30.3 Å². The van der Waals surface area contributed by atoms with E-state index in [4.69, 9.17) is 24.2 Å². The lowest BCUT2D eigenvalue weighted by Gasteiger charge is -2.36. The van der Waals surface area contributed by atoms with Crippen LogP contribution < -0.4 is 14.8 Å². The Morgan fingerprint density at radius 2 is 1.25 bits per heavy atom. The fourth-order valence-corrected chi connectivity index (χ4v) is 7.03. The summed E-state index contributed by atoms with van der Waals surface area (Å²) in [6.07, 6.45) is 5.18. The molecule has 6 nitrogen and oxygen atoms in total. The lowest BCUT2D eigenvalue weighted by molar-refractivity contribution is 0.0106. The topological polar surface area (TPSA) is 65.5 Å². The van der Waals surface area contributed by atoms with Crippen molar-refractivity contribution in [2.45, 2.75) is 57.6 Å². The second kappa shape index (κ2) is 17.5. The lowest BCUT2D eigenvalue weighted by Crippen LogP contribution is -2.33. The summed E-state index contributed by atoms with van der Waals surface area (Å²) in [7, 11) is 1.67. The van der Waals surface area contributed by atoms with Gasteiger partial charge >= 0.3 is 0 Å². The number of unbranched alkanes of at least 4 members (excludes halogenated alkanes) is 4. The number of hydrogen-bond acceptors (Lipinski definition) is 6. The fraction of sp³-hybridized carbons (Fsp3) is 0.273. The normalized spacial score (nSPS) is 12.1. The molecule has 0 aliphatic heterocycles. The first kappa shape index (κ1) is 36.1. The van der Waals surface area contributed by atoms with Crippen molar-refractivity contribution < 1.29 is 14.2 Å². The number of rotatable bonds is 17. The molecule has 0 saturated carbocycles. The third-order valence-corrected chi connectivity index (χ3v) is 9.69. The Morgan fingerprint density at radius 1 is 0.667 bits per heavy atom. The molecule has 0 bridgehead atoms. The smallest absolute Gasteiger partial charge is 0.163 e. The number of ether oxygens (including phenoxy) is 3. The minimum absolute atomic E-state index is 0.0487. The molecule has 6 rings (SSSR count). The van der Waals surface area contributed by atoms with Crippen LogP contribution in [0.5, 0.6) is 11.5 Å². The first-order valence-corrected chi connectivity index (χ1v) is 18.6. The number of benzene rings is 5. The molecule has 5 aromatic carbocycles. The summed E-state index contributed by atoms with van der Waals surface area (Å²) >= 11 is 3.58. The van der Waals surface area contributed by atoms with E-state index < -0.39 is 5.60 Å². The number of anilines is 1. The van der Waals surface area contributed by atoms with Gasteiger partial charge in [-0.2, -0.15) is 0 Å². The maximum Gasteiger partial charge on any atom is 0.163 e. The van der Waals surface area contributed by atoms with Crippen LogP contribution in [0.15, 0.2) is 132 Å². The first-order chi connectivity index (χ1) is 25.0. The zero-order valence-corrected chi connectivity index (χ0v) is 31.2. The molecule has 1 aromatic heterocycles. The summed E-state index contributed by atoms with van der Waals surface area (Å²) in [5.41, 5.74) is 4.70. The maximum atomic E-state index is 6.94. The van der Waals surface area contributed by atoms with Gasteiger partial charge in [-0.3, -0.25) is 0 Å². The summed E-state index contributed by atoms with van der Waals surface area (Å²) in [5.74, 6) is 2.83. The molecule has 1 heterocycles. The van der Waals surface area contributed by atoms with Gasteiger partial charge in [-0.15, -0.1) is 0 Å². The highest BCUT2D eigenvalue weighted by atomic mass is 79.9. The second-order valence-corrected chi connectivity index (χ2v) is 13.7. The highest BCUT2D eigenvalue weighted by Gasteiger charge is 2.37. The molecular weight excluding hydrogens is 698 g/mol. The van der Waals surface area contributed by atoms with E-state index in [1.165, 1.54) is 0 Å². The van der Waals surface area contributed by atoms with Crippen molar-refractivity contribution in [1.29, 1.82) is 0 Å². The Labute approximate surface area is 310 Å². The number of fused-ring (bicyclic) bond motifs is 1. The number of nitrogens with one attached hydrogen (secondary N) is 1. The number of nitrogens with zero attached hydrogens (tertiary/aromatic N) is 2. The monoisotopic (exact) mass is 743 g/mol. The van der Waals surface area contributed by atoms with Crippen LogP contribution in [0.25, 0.3) is 10.9 Å². The summed E-state index contributed by atoms with van der Waals surface area (Å²) in [6.45, 7) is 5.30. The Balaban J connectivity index is 1.03. The molecule has 1 atom stereocenters. The molecule has 0 aliphatic carbocycles. The SMILES string of the molecule is COc1cc2c(NC(C)c3cccc(Br)c3)nc(C)nc2cc1OCCCCCCCOC(c1ccccc1)(c1ccccc1)c1ccccc1. The van der Waals surface area contributed by atoms with E-state index in [0.29, 0.717) is 30.5 Å². The molecule has 0 saturated heterocycles. The molecule has 0 amide bonds. The van der Waals surface area contributed by atoms with Gasteiger partial charge < -0.3 is 19.5 Å². The molecule has 6 aromatic rings. The summed E-state index contributed by atoms with van der Waals surface area (Å²) in [4.78, 5) is 9.45. The molecular formula is C44H46BrN3O3. The highest BCUT2D eigenvalue weighted by Crippen LogP contribution is 2.41. The molecule has 51 heavy (non-hydrogen) atoms. The quantitative estimate of drug-likeness (QED) is 0.0741. The van der Waals surface area contributed by atoms with Crippen LogP contribution in [0, 0.1) is 6.92 Å². The van der Waals surface area contributed by atoms with Gasteiger partial charge in [0.2, 0.25) is 0 Å². The number of methoxy groups -OCH3 is 1. The van der Waals surface area contributed by atoms with Crippen LogP contribution >= 0.6 is 15.9 Å². The minimum atomic E-state index is -0.672. The van der Waals surface area contributed by atoms with Crippen LogP contribution in [0.1, 0.15) is 73.1 Å². The lowest BCUT2D eigenvalue weighted by atomic mass is 9.80.